The van der Waals surface area contributed by atoms with Gasteiger partial charge in [-0.2, -0.15) is 4.98 Å². The van der Waals surface area contributed by atoms with E-state index >= 15 is 0 Å². The quantitative estimate of drug-likeness (QED) is 0.871. The summed E-state index contributed by atoms with van der Waals surface area (Å²) in [5.41, 5.74) is 0.0589. The van der Waals surface area contributed by atoms with Crippen LogP contribution in [0, 0.1) is 11.8 Å². The Morgan fingerprint density at radius 3 is 2.76 bits per heavy atom. The van der Waals surface area contributed by atoms with Gasteiger partial charge in [-0.15, -0.1) is 0 Å². The zero-order valence-corrected chi connectivity index (χ0v) is 10.9. The van der Waals surface area contributed by atoms with Crippen LogP contribution in [-0.4, -0.2) is 23.2 Å². The SMILES string of the molecule is CC1CC1c1noc(C2(C(C)C)CCNC2)n1. The minimum Gasteiger partial charge on any atom is -0.339 e. The summed E-state index contributed by atoms with van der Waals surface area (Å²) < 4.78 is 5.56. The summed E-state index contributed by atoms with van der Waals surface area (Å²) in [5, 5.41) is 7.61. The molecule has 0 spiro atoms. The molecule has 0 radical (unpaired) electrons. The van der Waals surface area contributed by atoms with Crippen molar-refractivity contribution in [2.75, 3.05) is 13.1 Å². The third-order valence-electron chi connectivity index (χ3n) is 4.60. The lowest BCUT2D eigenvalue weighted by molar-refractivity contribution is 0.234. The molecule has 3 atom stereocenters. The summed E-state index contributed by atoms with van der Waals surface area (Å²) in [5.74, 6) is 3.59. The van der Waals surface area contributed by atoms with E-state index in [1.54, 1.807) is 0 Å². The van der Waals surface area contributed by atoms with Crippen molar-refractivity contribution in [1.29, 1.82) is 0 Å². The zero-order valence-electron chi connectivity index (χ0n) is 10.9. The lowest BCUT2D eigenvalue weighted by atomic mass is 9.76. The van der Waals surface area contributed by atoms with Crippen molar-refractivity contribution in [3.63, 3.8) is 0 Å². The smallest absolute Gasteiger partial charge is 0.234 e. The topological polar surface area (TPSA) is 51.0 Å². The average Bonchev–Trinajstić information content (AvgIpc) is 2.80. The fourth-order valence-corrected chi connectivity index (χ4v) is 2.90. The summed E-state index contributed by atoms with van der Waals surface area (Å²) in [6, 6.07) is 0. The molecule has 1 N–H and O–H groups in total. The van der Waals surface area contributed by atoms with Crippen LogP contribution < -0.4 is 5.32 Å². The van der Waals surface area contributed by atoms with Gasteiger partial charge in [0, 0.05) is 12.5 Å². The lowest BCUT2D eigenvalue weighted by Gasteiger charge is -2.28. The predicted molar refractivity (Wildman–Crippen MR) is 64.8 cm³/mol. The minimum absolute atomic E-state index is 0.0589. The number of hydrogen-bond donors (Lipinski definition) is 1. The second-order valence-corrected chi connectivity index (χ2v) is 6.01. The molecule has 1 aliphatic carbocycles. The minimum atomic E-state index is 0.0589. The third kappa shape index (κ3) is 1.69. The Labute approximate surface area is 102 Å². The van der Waals surface area contributed by atoms with Gasteiger partial charge < -0.3 is 9.84 Å². The molecule has 17 heavy (non-hydrogen) atoms. The van der Waals surface area contributed by atoms with Gasteiger partial charge in [-0.05, 0) is 31.2 Å². The van der Waals surface area contributed by atoms with Gasteiger partial charge in [-0.25, -0.2) is 0 Å². The molecule has 4 nitrogen and oxygen atoms in total. The van der Waals surface area contributed by atoms with Crippen molar-refractivity contribution in [2.24, 2.45) is 11.8 Å². The highest BCUT2D eigenvalue weighted by Gasteiger charge is 2.45. The van der Waals surface area contributed by atoms with E-state index in [-0.39, 0.29) is 5.41 Å². The first kappa shape index (κ1) is 11.2. The highest BCUT2D eigenvalue weighted by molar-refractivity contribution is 5.15. The Balaban J connectivity index is 1.89. The van der Waals surface area contributed by atoms with Gasteiger partial charge in [-0.1, -0.05) is 25.9 Å². The number of aromatic nitrogens is 2. The number of hydrogen-bond acceptors (Lipinski definition) is 4. The highest BCUT2D eigenvalue weighted by Crippen LogP contribution is 2.46. The molecular weight excluding hydrogens is 214 g/mol. The third-order valence-corrected chi connectivity index (χ3v) is 4.60. The van der Waals surface area contributed by atoms with Gasteiger partial charge >= 0.3 is 0 Å². The molecule has 3 unspecified atom stereocenters. The van der Waals surface area contributed by atoms with Crippen LogP contribution in [0.4, 0.5) is 0 Å². The van der Waals surface area contributed by atoms with E-state index in [9.17, 15) is 0 Å². The van der Waals surface area contributed by atoms with E-state index < -0.39 is 0 Å². The molecule has 0 aromatic carbocycles. The van der Waals surface area contributed by atoms with Crippen LogP contribution in [0.3, 0.4) is 0 Å². The van der Waals surface area contributed by atoms with Crippen LogP contribution in [0.25, 0.3) is 0 Å². The molecule has 1 saturated heterocycles. The Hall–Kier alpha value is -0.900. The van der Waals surface area contributed by atoms with Crippen LogP contribution in [0.15, 0.2) is 4.52 Å². The molecule has 3 rings (SSSR count). The summed E-state index contributed by atoms with van der Waals surface area (Å²) in [6.07, 6.45) is 2.32. The second kappa shape index (κ2) is 3.80. The molecule has 2 heterocycles. The van der Waals surface area contributed by atoms with Crippen molar-refractivity contribution in [1.82, 2.24) is 15.5 Å². The monoisotopic (exact) mass is 235 g/mol. The van der Waals surface area contributed by atoms with Gasteiger partial charge in [-0.3, -0.25) is 0 Å². The molecule has 1 aliphatic heterocycles. The predicted octanol–water partition coefficient (Wildman–Crippen LogP) is 2.08. The average molecular weight is 235 g/mol. The Kier molecular flexibility index (Phi) is 2.51. The maximum Gasteiger partial charge on any atom is 0.234 e. The molecule has 4 heteroatoms. The lowest BCUT2D eigenvalue weighted by Crippen LogP contribution is -2.35. The maximum atomic E-state index is 5.56. The summed E-state index contributed by atoms with van der Waals surface area (Å²) in [4.78, 5) is 4.68. The van der Waals surface area contributed by atoms with Crippen molar-refractivity contribution in [3.8, 4) is 0 Å². The highest BCUT2D eigenvalue weighted by atomic mass is 16.5. The first-order valence-electron chi connectivity index (χ1n) is 6.68. The van der Waals surface area contributed by atoms with Crippen molar-refractivity contribution < 1.29 is 4.52 Å². The summed E-state index contributed by atoms with van der Waals surface area (Å²) in [7, 11) is 0. The number of nitrogens with zero attached hydrogens (tertiary/aromatic N) is 2. The van der Waals surface area contributed by atoms with Gasteiger partial charge in [0.05, 0.1) is 5.41 Å². The number of rotatable bonds is 3. The zero-order chi connectivity index (χ0) is 12.0. The fourth-order valence-electron chi connectivity index (χ4n) is 2.90. The molecular formula is C13H21N3O. The molecule has 0 amide bonds. The van der Waals surface area contributed by atoms with E-state index in [2.05, 4.69) is 36.2 Å². The van der Waals surface area contributed by atoms with Gasteiger partial charge in [0.1, 0.15) is 0 Å². The molecule has 1 aromatic rings. The molecule has 2 aliphatic rings. The summed E-state index contributed by atoms with van der Waals surface area (Å²) in [6.45, 7) is 8.76. The second-order valence-electron chi connectivity index (χ2n) is 6.01. The standard InChI is InChI=1S/C13H21N3O/c1-8(2)13(4-5-14-7-13)12-15-11(16-17-12)10-6-9(10)3/h8-10,14H,4-7H2,1-3H3. The van der Waals surface area contributed by atoms with E-state index in [0.29, 0.717) is 11.8 Å². The van der Waals surface area contributed by atoms with Crippen LogP contribution in [0.2, 0.25) is 0 Å². The van der Waals surface area contributed by atoms with Crippen LogP contribution in [0.5, 0.6) is 0 Å². The molecule has 1 saturated carbocycles. The van der Waals surface area contributed by atoms with Crippen molar-refractivity contribution in [2.45, 2.75) is 44.9 Å². The molecule has 2 fully saturated rings. The molecule has 0 bridgehead atoms. The largest absolute Gasteiger partial charge is 0.339 e. The maximum absolute atomic E-state index is 5.56. The Morgan fingerprint density at radius 2 is 2.24 bits per heavy atom. The van der Waals surface area contributed by atoms with Crippen molar-refractivity contribution >= 4 is 0 Å². The molecule has 1 aromatic heterocycles. The van der Waals surface area contributed by atoms with E-state index in [1.165, 1.54) is 6.42 Å². The Morgan fingerprint density at radius 1 is 1.47 bits per heavy atom. The van der Waals surface area contributed by atoms with E-state index in [1.807, 2.05) is 0 Å². The van der Waals surface area contributed by atoms with Gasteiger partial charge in [0.25, 0.3) is 0 Å². The number of nitrogens with one attached hydrogen (secondary N) is 1. The normalized spacial score (nSPS) is 36.7. The van der Waals surface area contributed by atoms with Gasteiger partial charge in [0.2, 0.25) is 5.89 Å². The van der Waals surface area contributed by atoms with Crippen molar-refractivity contribution in [3.05, 3.63) is 11.7 Å². The fraction of sp³-hybridized carbons (Fsp3) is 0.846. The first-order chi connectivity index (χ1) is 8.13. The van der Waals surface area contributed by atoms with Crippen LogP contribution in [-0.2, 0) is 5.41 Å². The Bertz CT molecular complexity index is 407. The summed E-state index contributed by atoms with van der Waals surface area (Å²) >= 11 is 0. The van der Waals surface area contributed by atoms with Crippen LogP contribution in [0.1, 0.15) is 51.2 Å². The van der Waals surface area contributed by atoms with E-state index in [0.717, 1.165) is 37.1 Å². The first-order valence-corrected chi connectivity index (χ1v) is 6.68. The van der Waals surface area contributed by atoms with Gasteiger partial charge in [0.15, 0.2) is 5.82 Å². The molecule has 94 valence electrons. The van der Waals surface area contributed by atoms with Crippen LogP contribution >= 0.6 is 0 Å². The van der Waals surface area contributed by atoms with E-state index in [4.69, 9.17) is 4.52 Å².